The third-order valence-electron chi connectivity index (χ3n) is 5.14. The molecule has 0 aliphatic heterocycles. The lowest BCUT2D eigenvalue weighted by atomic mass is 9.98. The molecule has 0 aliphatic rings. The molecule has 5 rings (SSSR count). The van der Waals surface area contributed by atoms with E-state index in [-0.39, 0.29) is 17.9 Å². The van der Waals surface area contributed by atoms with Crippen LogP contribution in [-0.4, -0.2) is 25.6 Å². The van der Waals surface area contributed by atoms with Crippen LogP contribution in [0.2, 0.25) is 0 Å². The standard InChI is InChI=1S/C24H16F3N5O/c25-24(26,27)22-13-21(19-7-3-4-8-20(19)28-22)33-14-15-9-11-16(12-10-15)17-5-1-2-6-18(17)23-29-31-32-30-23/h1-13H,14H2,(H,29,30,31,32). The molecule has 0 saturated carbocycles. The second-order valence-electron chi connectivity index (χ2n) is 7.29. The first kappa shape index (κ1) is 20.6. The number of ether oxygens (including phenoxy) is 1. The van der Waals surface area contributed by atoms with Gasteiger partial charge in [-0.2, -0.15) is 18.4 Å². The number of aromatic amines is 1. The number of fused-ring (bicyclic) bond motifs is 1. The first-order valence-electron chi connectivity index (χ1n) is 10.0. The lowest BCUT2D eigenvalue weighted by Crippen LogP contribution is -2.09. The molecule has 0 bridgehead atoms. The van der Waals surface area contributed by atoms with E-state index in [1.165, 1.54) is 6.07 Å². The topological polar surface area (TPSA) is 76.6 Å². The third kappa shape index (κ3) is 4.25. The summed E-state index contributed by atoms with van der Waals surface area (Å²) in [5, 5.41) is 14.7. The number of benzene rings is 3. The second kappa shape index (κ2) is 8.34. The number of halogens is 3. The maximum absolute atomic E-state index is 13.3. The number of pyridine rings is 1. The summed E-state index contributed by atoms with van der Waals surface area (Å²) in [6.45, 7) is 0.109. The SMILES string of the molecule is FC(F)(F)c1cc(OCc2ccc(-c3ccccc3-c3nn[nH]n3)cc2)c2ccccc2n1. The average molecular weight is 447 g/mol. The highest BCUT2D eigenvalue weighted by molar-refractivity contribution is 5.85. The average Bonchev–Trinajstić information content (AvgIpc) is 3.37. The van der Waals surface area contributed by atoms with Crippen LogP contribution in [0.1, 0.15) is 11.3 Å². The van der Waals surface area contributed by atoms with E-state index in [0.29, 0.717) is 11.2 Å². The first-order valence-corrected chi connectivity index (χ1v) is 10.0. The molecule has 0 saturated heterocycles. The molecular formula is C24H16F3N5O. The number of nitrogens with one attached hydrogen (secondary N) is 1. The van der Waals surface area contributed by atoms with E-state index in [1.54, 1.807) is 18.2 Å². The summed E-state index contributed by atoms with van der Waals surface area (Å²) in [5.41, 5.74) is 2.76. The number of rotatable bonds is 5. The lowest BCUT2D eigenvalue weighted by molar-refractivity contribution is -0.141. The van der Waals surface area contributed by atoms with Gasteiger partial charge in [0.15, 0.2) is 0 Å². The molecule has 0 aliphatic carbocycles. The third-order valence-corrected chi connectivity index (χ3v) is 5.14. The van der Waals surface area contributed by atoms with Crippen molar-refractivity contribution in [1.82, 2.24) is 25.6 Å². The molecule has 3 aromatic carbocycles. The maximum atomic E-state index is 13.3. The molecule has 33 heavy (non-hydrogen) atoms. The summed E-state index contributed by atoms with van der Waals surface area (Å²) in [6.07, 6.45) is -4.56. The summed E-state index contributed by atoms with van der Waals surface area (Å²) in [5.74, 6) is 0.627. The lowest BCUT2D eigenvalue weighted by Gasteiger charge is -2.13. The van der Waals surface area contributed by atoms with E-state index in [1.807, 2.05) is 48.5 Å². The van der Waals surface area contributed by atoms with Gasteiger partial charge in [0.1, 0.15) is 18.1 Å². The zero-order valence-corrected chi connectivity index (χ0v) is 17.0. The van der Waals surface area contributed by atoms with Crippen molar-refractivity contribution < 1.29 is 17.9 Å². The molecule has 164 valence electrons. The van der Waals surface area contributed by atoms with Gasteiger partial charge in [-0.3, -0.25) is 0 Å². The van der Waals surface area contributed by atoms with Crippen LogP contribution in [0.3, 0.4) is 0 Å². The van der Waals surface area contributed by atoms with E-state index < -0.39 is 11.9 Å². The van der Waals surface area contributed by atoms with Gasteiger partial charge in [0.25, 0.3) is 0 Å². The van der Waals surface area contributed by atoms with Crippen molar-refractivity contribution in [3.63, 3.8) is 0 Å². The van der Waals surface area contributed by atoms with Crippen molar-refractivity contribution in [2.24, 2.45) is 0 Å². The molecular weight excluding hydrogens is 431 g/mol. The molecule has 9 heteroatoms. The number of tetrazole rings is 1. The smallest absolute Gasteiger partial charge is 0.433 e. The van der Waals surface area contributed by atoms with E-state index in [4.69, 9.17) is 4.74 Å². The van der Waals surface area contributed by atoms with Crippen LogP contribution in [0, 0.1) is 0 Å². The number of para-hydroxylation sites is 1. The Labute approximate surface area is 186 Å². The van der Waals surface area contributed by atoms with Crippen molar-refractivity contribution in [3.8, 4) is 28.3 Å². The largest absolute Gasteiger partial charge is 0.488 e. The minimum absolute atomic E-state index is 0.109. The summed E-state index contributed by atoms with van der Waals surface area (Å²) in [7, 11) is 0. The molecule has 0 fully saturated rings. The fourth-order valence-electron chi connectivity index (χ4n) is 3.56. The Morgan fingerprint density at radius 1 is 0.848 bits per heavy atom. The Balaban J connectivity index is 1.40. The van der Waals surface area contributed by atoms with Crippen molar-refractivity contribution in [2.45, 2.75) is 12.8 Å². The van der Waals surface area contributed by atoms with Crippen LogP contribution >= 0.6 is 0 Å². The first-order chi connectivity index (χ1) is 16.0. The van der Waals surface area contributed by atoms with Gasteiger partial charge in [0.2, 0.25) is 5.82 Å². The number of aromatic nitrogens is 5. The highest BCUT2D eigenvalue weighted by Gasteiger charge is 2.33. The summed E-state index contributed by atoms with van der Waals surface area (Å²) < 4.78 is 45.6. The number of nitrogens with zero attached hydrogens (tertiary/aromatic N) is 4. The van der Waals surface area contributed by atoms with Crippen molar-refractivity contribution in [3.05, 3.63) is 90.1 Å². The summed E-state index contributed by atoms with van der Waals surface area (Å²) in [6, 6.07) is 22.8. The molecule has 2 aromatic heterocycles. The molecule has 1 N–H and O–H groups in total. The zero-order chi connectivity index (χ0) is 22.8. The zero-order valence-electron chi connectivity index (χ0n) is 17.0. The Morgan fingerprint density at radius 2 is 1.58 bits per heavy atom. The van der Waals surface area contributed by atoms with Crippen LogP contribution in [0.4, 0.5) is 13.2 Å². The van der Waals surface area contributed by atoms with E-state index in [9.17, 15) is 13.2 Å². The van der Waals surface area contributed by atoms with Gasteiger partial charge in [-0.25, -0.2) is 4.98 Å². The van der Waals surface area contributed by atoms with Gasteiger partial charge in [0.05, 0.1) is 5.52 Å². The van der Waals surface area contributed by atoms with Gasteiger partial charge in [0, 0.05) is 17.0 Å². The Morgan fingerprint density at radius 3 is 2.30 bits per heavy atom. The van der Waals surface area contributed by atoms with E-state index in [0.717, 1.165) is 28.3 Å². The minimum atomic E-state index is -4.56. The van der Waals surface area contributed by atoms with Crippen LogP contribution in [0.25, 0.3) is 33.4 Å². The predicted octanol–water partition coefficient (Wildman–Crippen LogP) is 5.68. The van der Waals surface area contributed by atoms with Gasteiger partial charge in [-0.15, -0.1) is 10.2 Å². The molecule has 0 atom stereocenters. The van der Waals surface area contributed by atoms with Crippen molar-refractivity contribution in [1.29, 1.82) is 0 Å². The molecule has 6 nitrogen and oxygen atoms in total. The highest BCUT2D eigenvalue weighted by atomic mass is 19.4. The maximum Gasteiger partial charge on any atom is 0.433 e. The molecule has 0 amide bonds. The monoisotopic (exact) mass is 447 g/mol. The van der Waals surface area contributed by atoms with Gasteiger partial charge < -0.3 is 4.74 Å². The summed E-state index contributed by atoms with van der Waals surface area (Å²) in [4.78, 5) is 3.71. The van der Waals surface area contributed by atoms with Gasteiger partial charge in [-0.1, -0.05) is 60.7 Å². The molecule has 0 unspecified atom stereocenters. The Kier molecular flexibility index (Phi) is 5.21. The molecule has 0 radical (unpaired) electrons. The second-order valence-corrected chi connectivity index (χ2v) is 7.29. The Hall–Kier alpha value is -4.27. The minimum Gasteiger partial charge on any atom is -0.488 e. The number of alkyl halides is 3. The predicted molar refractivity (Wildman–Crippen MR) is 116 cm³/mol. The fourth-order valence-corrected chi connectivity index (χ4v) is 3.56. The summed E-state index contributed by atoms with van der Waals surface area (Å²) >= 11 is 0. The quantitative estimate of drug-likeness (QED) is 0.375. The number of hydrogen-bond acceptors (Lipinski definition) is 5. The van der Waals surface area contributed by atoms with E-state index in [2.05, 4.69) is 25.6 Å². The van der Waals surface area contributed by atoms with Crippen LogP contribution in [0.5, 0.6) is 5.75 Å². The van der Waals surface area contributed by atoms with Gasteiger partial charge in [-0.05, 0) is 34.0 Å². The molecule has 2 heterocycles. The van der Waals surface area contributed by atoms with Crippen LogP contribution in [-0.2, 0) is 12.8 Å². The van der Waals surface area contributed by atoms with Crippen LogP contribution in [0.15, 0.2) is 78.9 Å². The Bertz CT molecular complexity index is 1400. The van der Waals surface area contributed by atoms with Crippen molar-refractivity contribution in [2.75, 3.05) is 0 Å². The highest BCUT2D eigenvalue weighted by Crippen LogP contribution is 2.35. The van der Waals surface area contributed by atoms with Gasteiger partial charge >= 0.3 is 6.18 Å². The fraction of sp³-hybridized carbons (Fsp3) is 0.0833. The molecule has 0 spiro atoms. The normalized spacial score (nSPS) is 11.6. The molecule has 5 aromatic rings. The van der Waals surface area contributed by atoms with Crippen LogP contribution < -0.4 is 4.74 Å². The number of hydrogen-bond donors (Lipinski definition) is 1. The number of H-pyrrole nitrogens is 1. The van der Waals surface area contributed by atoms with E-state index >= 15 is 0 Å². The van der Waals surface area contributed by atoms with Crippen molar-refractivity contribution >= 4 is 10.9 Å².